The highest BCUT2D eigenvalue weighted by molar-refractivity contribution is 8.01. The molecule has 0 spiro atoms. The van der Waals surface area contributed by atoms with Gasteiger partial charge in [-0.1, -0.05) is 47.5 Å². The summed E-state index contributed by atoms with van der Waals surface area (Å²) in [7, 11) is 0. The Balaban J connectivity index is 0.00000192. The molecule has 0 saturated carbocycles. The van der Waals surface area contributed by atoms with Crippen molar-refractivity contribution in [3.63, 3.8) is 0 Å². The number of nitrogens with zero attached hydrogens (tertiary/aromatic N) is 2. The fourth-order valence-corrected chi connectivity index (χ4v) is 3.85. The maximum Gasteiger partial charge on any atom is 0.303 e. The Bertz CT molecular complexity index is 809. The maximum absolute atomic E-state index is 5.98. The van der Waals surface area contributed by atoms with Gasteiger partial charge < -0.3 is 12.4 Å². The predicted octanol–water partition coefficient (Wildman–Crippen LogP) is 1.47. The van der Waals surface area contributed by atoms with Crippen molar-refractivity contribution in [1.29, 1.82) is 0 Å². The van der Waals surface area contributed by atoms with E-state index in [1.54, 1.807) is 23.1 Å². The van der Waals surface area contributed by atoms with E-state index >= 15 is 0 Å². The first-order valence-electron chi connectivity index (χ1n) is 6.59. The summed E-state index contributed by atoms with van der Waals surface area (Å²) in [4.78, 5) is 0. The molecule has 23 heavy (non-hydrogen) atoms. The lowest BCUT2D eigenvalue weighted by Crippen LogP contribution is -3.00. The van der Waals surface area contributed by atoms with Crippen LogP contribution in [0.4, 0.5) is 0 Å². The van der Waals surface area contributed by atoms with Gasteiger partial charge in [-0.3, -0.25) is 0 Å². The van der Waals surface area contributed by atoms with E-state index in [1.165, 1.54) is 0 Å². The van der Waals surface area contributed by atoms with Gasteiger partial charge in [-0.15, -0.1) is 6.42 Å². The third kappa shape index (κ3) is 4.27. The minimum Gasteiger partial charge on any atom is -1.00 e. The molecule has 3 rings (SSSR count). The SMILES string of the molecule is C#CCSc1n[n+](-c2ccccc2)c(-c2ccc(Cl)cc2)s1.[Cl-]. The summed E-state index contributed by atoms with van der Waals surface area (Å²) in [6.07, 6.45) is 5.34. The highest BCUT2D eigenvalue weighted by Gasteiger charge is 2.24. The van der Waals surface area contributed by atoms with Gasteiger partial charge in [0.2, 0.25) is 10.0 Å². The van der Waals surface area contributed by atoms with E-state index in [0.717, 1.165) is 25.6 Å². The third-order valence-corrected chi connectivity index (χ3v) is 5.28. The van der Waals surface area contributed by atoms with Crippen LogP contribution in [-0.2, 0) is 0 Å². The number of thioether (sulfide) groups is 1. The van der Waals surface area contributed by atoms with Crippen LogP contribution in [0.1, 0.15) is 0 Å². The van der Waals surface area contributed by atoms with E-state index in [9.17, 15) is 0 Å². The van der Waals surface area contributed by atoms with Gasteiger partial charge >= 0.3 is 5.01 Å². The molecule has 0 N–H and O–H groups in total. The average molecular weight is 379 g/mol. The normalized spacial score (nSPS) is 9.91. The molecule has 0 radical (unpaired) electrons. The first-order valence-corrected chi connectivity index (χ1v) is 8.77. The lowest BCUT2D eigenvalue weighted by molar-refractivity contribution is -0.646. The quantitative estimate of drug-likeness (QED) is 0.388. The summed E-state index contributed by atoms with van der Waals surface area (Å²) >= 11 is 9.19. The number of halogens is 2. The zero-order chi connectivity index (χ0) is 15.4. The number of hydrogen-bond donors (Lipinski definition) is 0. The lowest BCUT2D eigenvalue weighted by atomic mass is 10.2. The predicted molar refractivity (Wildman–Crippen MR) is 93.6 cm³/mol. The number of hydrogen-bond acceptors (Lipinski definition) is 3. The second-order valence-corrected chi connectivity index (χ2v) is 7.06. The first-order chi connectivity index (χ1) is 10.8. The first kappa shape index (κ1) is 17.8. The van der Waals surface area contributed by atoms with Crippen molar-refractivity contribution >= 4 is 34.7 Å². The van der Waals surface area contributed by atoms with Crippen LogP contribution >= 0.6 is 34.7 Å². The van der Waals surface area contributed by atoms with E-state index in [1.807, 2.05) is 59.3 Å². The van der Waals surface area contributed by atoms with Crippen LogP contribution in [0.25, 0.3) is 16.3 Å². The Morgan fingerprint density at radius 3 is 2.48 bits per heavy atom. The number of benzene rings is 2. The van der Waals surface area contributed by atoms with Gasteiger partial charge in [0.1, 0.15) is 0 Å². The van der Waals surface area contributed by atoms with E-state index < -0.39 is 0 Å². The van der Waals surface area contributed by atoms with Gasteiger partial charge in [0.05, 0.1) is 11.3 Å². The molecule has 0 amide bonds. The number of para-hydroxylation sites is 1. The largest absolute Gasteiger partial charge is 1.00 e. The number of aromatic nitrogens is 2. The summed E-state index contributed by atoms with van der Waals surface area (Å²) in [6, 6.07) is 17.9. The van der Waals surface area contributed by atoms with Gasteiger partial charge in [0, 0.05) is 22.3 Å². The fraction of sp³-hybridized carbons (Fsp3) is 0.0588. The van der Waals surface area contributed by atoms with Gasteiger partial charge in [-0.05, 0) is 40.3 Å². The molecule has 0 atom stereocenters. The summed E-state index contributed by atoms with van der Waals surface area (Å²) in [5.74, 6) is 3.25. The van der Waals surface area contributed by atoms with Gasteiger partial charge in [-0.2, -0.15) is 0 Å². The molecule has 2 nitrogen and oxygen atoms in total. The molecule has 0 saturated heterocycles. The van der Waals surface area contributed by atoms with Crippen molar-refractivity contribution in [2.75, 3.05) is 5.75 Å². The van der Waals surface area contributed by atoms with Crippen molar-refractivity contribution in [2.45, 2.75) is 4.34 Å². The van der Waals surface area contributed by atoms with E-state index in [-0.39, 0.29) is 12.4 Å². The Hall–Kier alpha value is -1.51. The van der Waals surface area contributed by atoms with Crippen LogP contribution in [0.2, 0.25) is 5.02 Å². The number of rotatable bonds is 4. The zero-order valence-corrected chi connectivity index (χ0v) is 15.1. The smallest absolute Gasteiger partial charge is 0.303 e. The molecule has 0 aliphatic heterocycles. The Labute approximate surface area is 154 Å². The van der Waals surface area contributed by atoms with Crippen LogP contribution in [-0.4, -0.2) is 10.9 Å². The molecule has 0 bridgehead atoms. The average Bonchev–Trinajstić information content (AvgIpc) is 2.98. The highest BCUT2D eigenvalue weighted by Crippen LogP contribution is 2.29. The van der Waals surface area contributed by atoms with Crippen LogP contribution < -0.4 is 17.1 Å². The van der Waals surface area contributed by atoms with E-state index in [2.05, 4.69) is 11.0 Å². The molecule has 0 aliphatic rings. The van der Waals surface area contributed by atoms with Crippen LogP contribution in [0.15, 0.2) is 58.9 Å². The van der Waals surface area contributed by atoms with E-state index in [0.29, 0.717) is 5.75 Å². The minimum absolute atomic E-state index is 0. The van der Waals surface area contributed by atoms with Crippen molar-refractivity contribution in [2.24, 2.45) is 0 Å². The summed E-state index contributed by atoms with van der Waals surface area (Å²) in [5.41, 5.74) is 2.11. The van der Waals surface area contributed by atoms with Crippen molar-refractivity contribution in [3.05, 3.63) is 59.6 Å². The second-order valence-electron chi connectivity index (χ2n) is 4.42. The molecular weight excluding hydrogens is 367 g/mol. The summed E-state index contributed by atoms with van der Waals surface area (Å²) < 4.78 is 2.90. The van der Waals surface area contributed by atoms with Crippen molar-refractivity contribution in [1.82, 2.24) is 5.10 Å². The minimum atomic E-state index is 0. The summed E-state index contributed by atoms with van der Waals surface area (Å²) in [6.45, 7) is 0. The van der Waals surface area contributed by atoms with Crippen LogP contribution in [0.3, 0.4) is 0 Å². The van der Waals surface area contributed by atoms with Crippen molar-refractivity contribution < 1.29 is 17.1 Å². The van der Waals surface area contributed by atoms with Gasteiger partial charge in [0.25, 0.3) is 0 Å². The monoisotopic (exact) mass is 378 g/mol. The second kappa shape index (κ2) is 8.37. The molecule has 1 heterocycles. The molecule has 0 unspecified atom stereocenters. The van der Waals surface area contributed by atoms with Gasteiger partial charge in [-0.25, -0.2) is 0 Å². The number of terminal acetylenes is 1. The molecule has 0 aliphatic carbocycles. The Morgan fingerprint density at radius 1 is 1.13 bits per heavy atom. The molecule has 116 valence electrons. The topological polar surface area (TPSA) is 16.8 Å². The van der Waals surface area contributed by atoms with Crippen molar-refractivity contribution in [3.8, 4) is 28.6 Å². The Morgan fingerprint density at radius 2 is 1.83 bits per heavy atom. The van der Waals surface area contributed by atoms with Crippen LogP contribution in [0, 0.1) is 12.3 Å². The lowest BCUT2D eigenvalue weighted by Gasteiger charge is -1.95. The zero-order valence-electron chi connectivity index (χ0n) is 11.9. The molecule has 6 heteroatoms. The highest BCUT2D eigenvalue weighted by atomic mass is 35.5. The maximum atomic E-state index is 5.98. The molecule has 3 aromatic rings. The Kier molecular flexibility index (Phi) is 6.49. The molecule has 1 aromatic heterocycles. The molecule has 2 aromatic carbocycles. The molecule has 0 fully saturated rings. The third-order valence-electron chi connectivity index (χ3n) is 2.93. The standard InChI is InChI=1S/C17H12ClN2S2.ClH/c1-2-12-21-17-19-20(15-6-4-3-5-7-15)16(22-17)13-8-10-14(18)11-9-13;/h1,3-11H,12H2;1H/q+1;/p-1. The van der Waals surface area contributed by atoms with Gasteiger partial charge in [0.15, 0.2) is 0 Å². The fourth-order valence-electron chi connectivity index (χ4n) is 1.95. The van der Waals surface area contributed by atoms with Crippen LogP contribution in [0.5, 0.6) is 0 Å². The molecular formula is C17H12Cl2N2S2. The summed E-state index contributed by atoms with van der Waals surface area (Å²) in [5, 5.41) is 6.47. The van der Waals surface area contributed by atoms with E-state index in [4.69, 9.17) is 18.0 Å².